The standard InChI is InChI=1S/C10H9NO3/c1-6-3-4-9(14-6)10-11-8(5-13-10)7(2)12/h3-5H,1-2H3. The Kier molecular flexibility index (Phi) is 1.96. The first kappa shape index (κ1) is 8.74. The summed E-state index contributed by atoms with van der Waals surface area (Å²) in [5.74, 6) is 1.53. The Morgan fingerprint density at radius 1 is 1.43 bits per heavy atom. The number of carbonyl (C=O) groups is 1. The van der Waals surface area contributed by atoms with Gasteiger partial charge in [-0.25, -0.2) is 4.98 Å². The molecule has 0 aliphatic carbocycles. The normalized spacial score (nSPS) is 10.4. The molecule has 0 aliphatic rings. The van der Waals surface area contributed by atoms with E-state index in [-0.39, 0.29) is 5.78 Å². The van der Waals surface area contributed by atoms with Crippen molar-refractivity contribution in [3.63, 3.8) is 0 Å². The van der Waals surface area contributed by atoms with Crippen LogP contribution in [0.1, 0.15) is 23.2 Å². The molecule has 0 unspecified atom stereocenters. The molecule has 0 saturated heterocycles. The highest BCUT2D eigenvalue weighted by molar-refractivity contribution is 5.92. The summed E-state index contributed by atoms with van der Waals surface area (Å²) in [6, 6.07) is 3.57. The first-order valence-electron chi connectivity index (χ1n) is 4.20. The Labute approximate surface area is 80.6 Å². The van der Waals surface area contributed by atoms with E-state index in [9.17, 15) is 4.79 Å². The highest BCUT2D eigenvalue weighted by Crippen LogP contribution is 2.20. The van der Waals surface area contributed by atoms with Gasteiger partial charge in [-0.15, -0.1) is 0 Å². The summed E-state index contributed by atoms with van der Waals surface area (Å²) < 4.78 is 10.4. The van der Waals surface area contributed by atoms with Gasteiger partial charge in [0.05, 0.1) is 0 Å². The summed E-state index contributed by atoms with van der Waals surface area (Å²) in [5, 5.41) is 0. The van der Waals surface area contributed by atoms with Crippen molar-refractivity contribution in [3.8, 4) is 11.7 Å². The molecule has 0 amide bonds. The summed E-state index contributed by atoms with van der Waals surface area (Å²) in [5.41, 5.74) is 0.314. The van der Waals surface area contributed by atoms with Crippen LogP contribution >= 0.6 is 0 Å². The lowest BCUT2D eigenvalue weighted by Gasteiger charge is -1.86. The number of aromatic nitrogens is 1. The molecule has 0 fully saturated rings. The molecule has 0 aromatic carbocycles. The quantitative estimate of drug-likeness (QED) is 0.684. The van der Waals surface area contributed by atoms with E-state index in [0.717, 1.165) is 5.76 Å². The van der Waals surface area contributed by atoms with E-state index in [1.165, 1.54) is 13.2 Å². The van der Waals surface area contributed by atoms with Crippen LogP contribution < -0.4 is 0 Å². The number of oxazole rings is 1. The van der Waals surface area contributed by atoms with Crippen molar-refractivity contribution in [1.29, 1.82) is 0 Å². The Morgan fingerprint density at radius 3 is 2.71 bits per heavy atom. The molecular weight excluding hydrogens is 182 g/mol. The fourth-order valence-corrected chi connectivity index (χ4v) is 1.10. The predicted molar refractivity (Wildman–Crippen MR) is 48.9 cm³/mol. The van der Waals surface area contributed by atoms with Crippen molar-refractivity contribution in [2.45, 2.75) is 13.8 Å². The molecule has 4 heteroatoms. The maximum atomic E-state index is 10.9. The highest BCUT2D eigenvalue weighted by atomic mass is 16.4. The summed E-state index contributed by atoms with van der Waals surface area (Å²) in [4.78, 5) is 14.9. The molecule has 2 heterocycles. The first-order valence-corrected chi connectivity index (χ1v) is 4.20. The fourth-order valence-electron chi connectivity index (χ4n) is 1.10. The second kappa shape index (κ2) is 3.14. The van der Waals surface area contributed by atoms with Gasteiger partial charge in [-0.1, -0.05) is 0 Å². The van der Waals surface area contributed by atoms with Crippen molar-refractivity contribution >= 4 is 5.78 Å². The number of hydrogen-bond donors (Lipinski definition) is 0. The minimum absolute atomic E-state index is 0.122. The van der Waals surface area contributed by atoms with Gasteiger partial charge in [0.25, 0.3) is 5.89 Å². The van der Waals surface area contributed by atoms with Crippen molar-refractivity contribution in [2.24, 2.45) is 0 Å². The molecule has 0 atom stereocenters. The van der Waals surface area contributed by atoms with E-state index in [4.69, 9.17) is 8.83 Å². The Bertz CT molecular complexity index is 467. The van der Waals surface area contributed by atoms with Crippen LogP contribution in [0, 0.1) is 6.92 Å². The van der Waals surface area contributed by atoms with E-state index < -0.39 is 0 Å². The highest BCUT2D eigenvalue weighted by Gasteiger charge is 2.12. The predicted octanol–water partition coefficient (Wildman–Crippen LogP) is 2.45. The van der Waals surface area contributed by atoms with Crippen LogP contribution in [0.15, 0.2) is 27.2 Å². The molecule has 2 aromatic rings. The molecular formula is C10H9NO3. The van der Waals surface area contributed by atoms with Crippen LogP contribution in [0.3, 0.4) is 0 Å². The van der Waals surface area contributed by atoms with Crippen molar-refractivity contribution < 1.29 is 13.6 Å². The van der Waals surface area contributed by atoms with E-state index in [0.29, 0.717) is 17.3 Å². The molecule has 0 saturated carbocycles. The first-order chi connectivity index (χ1) is 6.66. The maximum absolute atomic E-state index is 10.9. The zero-order chi connectivity index (χ0) is 10.1. The summed E-state index contributed by atoms with van der Waals surface area (Å²) >= 11 is 0. The van der Waals surface area contributed by atoms with Gasteiger partial charge in [-0.3, -0.25) is 4.79 Å². The third-order valence-electron chi connectivity index (χ3n) is 1.82. The number of ketones is 1. The van der Waals surface area contributed by atoms with Gasteiger partial charge in [0.2, 0.25) is 0 Å². The van der Waals surface area contributed by atoms with Crippen LogP contribution in [0.25, 0.3) is 11.7 Å². The molecule has 0 aliphatic heterocycles. The lowest BCUT2D eigenvalue weighted by Crippen LogP contribution is -1.90. The van der Waals surface area contributed by atoms with Gasteiger partial charge in [0.1, 0.15) is 17.7 Å². The van der Waals surface area contributed by atoms with Crippen LogP contribution in [0.5, 0.6) is 0 Å². The van der Waals surface area contributed by atoms with E-state index in [1.807, 2.05) is 13.0 Å². The van der Waals surface area contributed by atoms with Crippen LogP contribution in [-0.4, -0.2) is 10.8 Å². The molecule has 0 radical (unpaired) electrons. The van der Waals surface area contributed by atoms with E-state index in [1.54, 1.807) is 6.07 Å². The number of nitrogens with zero attached hydrogens (tertiary/aromatic N) is 1. The van der Waals surface area contributed by atoms with Crippen LogP contribution in [0.2, 0.25) is 0 Å². The second-order valence-corrected chi connectivity index (χ2v) is 3.00. The third-order valence-corrected chi connectivity index (χ3v) is 1.82. The molecule has 14 heavy (non-hydrogen) atoms. The summed E-state index contributed by atoms with van der Waals surface area (Å²) in [6.07, 6.45) is 1.33. The molecule has 0 bridgehead atoms. The number of carbonyl (C=O) groups excluding carboxylic acids is 1. The van der Waals surface area contributed by atoms with Crippen LogP contribution in [-0.2, 0) is 0 Å². The zero-order valence-corrected chi connectivity index (χ0v) is 7.90. The lowest BCUT2D eigenvalue weighted by atomic mass is 10.3. The SMILES string of the molecule is CC(=O)c1coc(-c2ccc(C)o2)n1. The van der Waals surface area contributed by atoms with Gasteiger partial charge in [-0.05, 0) is 19.1 Å². The largest absolute Gasteiger partial charge is 0.456 e. The van der Waals surface area contributed by atoms with Crippen molar-refractivity contribution in [2.75, 3.05) is 0 Å². The maximum Gasteiger partial charge on any atom is 0.263 e. The molecule has 4 nitrogen and oxygen atoms in total. The molecule has 2 rings (SSSR count). The molecule has 72 valence electrons. The van der Waals surface area contributed by atoms with Crippen LogP contribution in [0.4, 0.5) is 0 Å². The number of Topliss-reactive ketones (excluding diaryl/α,β-unsaturated/α-hetero) is 1. The number of rotatable bonds is 2. The number of hydrogen-bond acceptors (Lipinski definition) is 4. The van der Waals surface area contributed by atoms with Gasteiger partial charge in [0, 0.05) is 6.92 Å². The van der Waals surface area contributed by atoms with Crippen molar-refractivity contribution in [1.82, 2.24) is 4.98 Å². The lowest BCUT2D eigenvalue weighted by molar-refractivity contribution is 0.101. The molecule has 0 N–H and O–H groups in total. The van der Waals surface area contributed by atoms with Crippen molar-refractivity contribution in [3.05, 3.63) is 29.9 Å². The Balaban J connectivity index is 2.38. The van der Waals surface area contributed by atoms with Gasteiger partial charge in [-0.2, -0.15) is 0 Å². The van der Waals surface area contributed by atoms with E-state index >= 15 is 0 Å². The summed E-state index contributed by atoms with van der Waals surface area (Å²) in [6.45, 7) is 3.27. The third kappa shape index (κ3) is 1.46. The van der Waals surface area contributed by atoms with E-state index in [2.05, 4.69) is 4.98 Å². The topological polar surface area (TPSA) is 56.2 Å². The van der Waals surface area contributed by atoms with Gasteiger partial charge in [0.15, 0.2) is 11.5 Å². The smallest absolute Gasteiger partial charge is 0.263 e. The molecule has 2 aromatic heterocycles. The minimum Gasteiger partial charge on any atom is -0.456 e. The monoisotopic (exact) mass is 191 g/mol. The summed E-state index contributed by atoms with van der Waals surface area (Å²) in [7, 11) is 0. The average molecular weight is 191 g/mol. The minimum atomic E-state index is -0.122. The molecule has 0 spiro atoms. The number of furan rings is 1. The van der Waals surface area contributed by atoms with Gasteiger partial charge >= 0.3 is 0 Å². The van der Waals surface area contributed by atoms with Gasteiger partial charge < -0.3 is 8.83 Å². The Morgan fingerprint density at radius 2 is 2.21 bits per heavy atom. The zero-order valence-electron chi connectivity index (χ0n) is 7.90. The number of aryl methyl sites for hydroxylation is 1. The fraction of sp³-hybridized carbons (Fsp3) is 0.200. The average Bonchev–Trinajstić information content (AvgIpc) is 2.70. The second-order valence-electron chi connectivity index (χ2n) is 3.00. The Hall–Kier alpha value is -1.84.